The first-order chi connectivity index (χ1) is 19.8. The number of rotatable bonds is 1. The smallest absolute Gasteiger partial charge is 0.407 e. The highest BCUT2D eigenvalue weighted by Crippen LogP contribution is 2.34. The van der Waals surface area contributed by atoms with Gasteiger partial charge in [-0.1, -0.05) is 65.0 Å². The highest BCUT2D eigenvalue weighted by molar-refractivity contribution is 5.90. The zero-order valence-corrected chi connectivity index (χ0v) is 24.7. The average molecular weight is 575 g/mol. The van der Waals surface area contributed by atoms with Crippen LogP contribution in [0.25, 0.3) is 22.3 Å². The molecule has 0 unspecified atom stereocenters. The number of carboxylic acids is 1. The molecule has 2 aliphatic rings. The lowest BCUT2D eigenvalue weighted by atomic mass is 9.85. The molecule has 42 heavy (non-hydrogen) atoms. The monoisotopic (exact) mass is 574 g/mol. The fourth-order valence-corrected chi connectivity index (χ4v) is 5.44. The molecule has 2 N–H and O–H groups in total. The molecule has 0 spiro atoms. The summed E-state index contributed by atoms with van der Waals surface area (Å²) in [6.45, 7) is 9.67. The number of ether oxygens (including phenoxy) is 2. The van der Waals surface area contributed by atoms with Gasteiger partial charge in [0.2, 0.25) is 11.8 Å². The number of hydrogen-bond donors (Lipinski definition) is 2. The number of cyclic esters (lactones) is 1. The Morgan fingerprint density at radius 3 is 2.48 bits per heavy atom. The molecule has 2 aliphatic heterocycles. The number of nitrogens with zero attached hydrogens (tertiary/aromatic N) is 3. The molecule has 3 heterocycles. The van der Waals surface area contributed by atoms with Crippen molar-refractivity contribution >= 4 is 29.0 Å². The third-order valence-electron chi connectivity index (χ3n) is 7.91. The summed E-state index contributed by atoms with van der Waals surface area (Å²) in [5.74, 6) is -1.37. The molecule has 1 aromatic heterocycles. The topological polar surface area (TPSA) is 131 Å². The summed E-state index contributed by atoms with van der Waals surface area (Å²) in [6, 6.07) is 13.4. The largest absolute Gasteiger partial charge is 0.480 e. The van der Waals surface area contributed by atoms with Gasteiger partial charge in [0.05, 0.1) is 24.2 Å². The van der Waals surface area contributed by atoms with Crippen LogP contribution in [-0.2, 0) is 20.7 Å². The second kappa shape index (κ2) is 11.2. The van der Waals surface area contributed by atoms with Crippen molar-refractivity contribution < 1.29 is 29.0 Å². The Kier molecular flexibility index (Phi) is 7.83. The summed E-state index contributed by atoms with van der Waals surface area (Å²) in [7, 11) is 0. The van der Waals surface area contributed by atoms with Gasteiger partial charge in [-0.15, -0.1) is 0 Å². The number of aryl methyl sites for hydroxylation is 1. The van der Waals surface area contributed by atoms with Gasteiger partial charge in [-0.2, -0.15) is 0 Å². The van der Waals surface area contributed by atoms with Crippen molar-refractivity contribution in [3.05, 3.63) is 54.1 Å². The second-order valence-electron chi connectivity index (χ2n) is 13.1. The number of fused-ring (bicyclic) bond motifs is 7. The molecule has 3 atom stereocenters. The molecule has 10 heteroatoms. The van der Waals surface area contributed by atoms with Gasteiger partial charge < -0.3 is 24.8 Å². The summed E-state index contributed by atoms with van der Waals surface area (Å²) in [6.07, 6.45) is 0.178. The normalized spacial score (nSPS) is 23.2. The summed E-state index contributed by atoms with van der Waals surface area (Å²) in [4.78, 5) is 50.1. The average Bonchev–Trinajstić information content (AvgIpc) is 3.36. The molecule has 10 nitrogen and oxygen atoms in total. The Balaban J connectivity index is 1.60. The van der Waals surface area contributed by atoms with Crippen LogP contribution in [0.15, 0.2) is 48.5 Å². The molecule has 0 aliphatic carbocycles. The Bertz CT molecular complexity index is 1510. The van der Waals surface area contributed by atoms with E-state index in [2.05, 4.69) is 11.4 Å². The molecule has 5 rings (SSSR count). The zero-order valence-electron chi connectivity index (χ0n) is 24.7. The molecular formula is C32H38N4O6. The second-order valence-corrected chi connectivity index (χ2v) is 13.1. The zero-order chi connectivity index (χ0) is 30.2. The van der Waals surface area contributed by atoms with E-state index in [4.69, 9.17) is 19.4 Å². The number of aliphatic carboxylic acids is 1. The SMILES string of the molecule is CC1(C)CCc2cccc(c2)-c2nc3ccccc3nc2O[C@@H]2C[C@@H](C(=O)O)N(C2)C(=O)[C@H](C(C)(C)C)NC(=O)OC1. The quantitative estimate of drug-likeness (QED) is 0.422. The lowest BCUT2D eigenvalue weighted by molar-refractivity contribution is -0.150. The van der Waals surface area contributed by atoms with Crippen LogP contribution in [0.1, 0.15) is 53.0 Å². The Morgan fingerprint density at radius 2 is 1.79 bits per heavy atom. The minimum absolute atomic E-state index is 0.0140. The first kappa shape index (κ1) is 29.3. The number of carboxylic acid groups (broad SMARTS) is 1. The molecule has 2 amide bonds. The Labute approximate surface area is 245 Å². The van der Waals surface area contributed by atoms with E-state index in [1.807, 2.05) is 77.1 Å². The van der Waals surface area contributed by atoms with E-state index >= 15 is 0 Å². The third kappa shape index (κ3) is 6.32. The van der Waals surface area contributed by atoms with E-state index < -0.39 is 41.6 Å². The molecule has 4 bridgehead atoms. The number of nitrogens with one attached hydrogen (secondary N) is 1. The predicted molar refractivity (Wildman–Crippen MR) is 157 cm³/mol. The van der Waals surface area contributed by atoms with Crippen LogP contribution in [0.3, 0.4) is 0 Å². The Morgan fingerprint density at radius 1 is 1.07 bits per heavy atom. The van der Waals surface area contributed by atoms with Crippen molar-refractivity contribution in [3.8, 4) is 17.1 Å². The van der Waals surface area contributed by atoms with Gasteiger partial charge in [-0.05, 0) is 47.4 Å². The van der Waals surface area contributed by atoms with Crippen LogP contribution in [0, 0.1) is 10.8 Å². The van der Waals surface area contributed by atoms with Gasteiger partial charge in [0.25, 0.3) is 0 Å². The van der Waals surface area contributed by atoms with Crippen molar-refractivity contribution in [1.29, 1.82) is 0 Å². The van der Waals surface area contributed by atoms with E-state index in [-0.39, 0.29) is 30.9 Å². The maximum absolute atomic E-state index is 13.9. The maximum Gasteiger partial charge on any atom is 0.407 e. The summed E-state index contributed by atoms with van der Waals surface area (Å²) in [5, 5.41) is 12.8. The first-order valence-corrected chi connectivity index (χ1v) is 14.3. The maximum atomic E-state index is 13.9. The van der Waals surface area contributed by atoms with Gasteiger partial charge >= 0.3 is 12.1 Å². The number of carbonyl (C=O) groups excluding carboxylic acids is 2. The van der Waals surface area contributed by atoms with Gasteiger partial charge in [0.15, 0.2) is 0 Å². The standard InChI is InChI=1S/C32H38N4O6/c1-31(2,3)26-28(37)36-17-21(16-24(36)29(38)39)42-27-25(33-22-11-6-7-12-23(22)34-27)20-10-8-9-19(15-20)13-14-32(4,5)18-41-30(40)35-26/h6-12,15,21,24,26H,13-14,16-18H2,1-5H3,(H,35,40)(H,38,39)/t21-,24+,26-/m1/s1. The molecular weight excluding hydrogens is 536 g/mol. The van der Waals surface area contributed by atoms with Gasteiger partial charge in [-0.25, -0.2) is 19.6 Å². The summed E-state index contributed by atoms with van der Waals surface area (Å²) in [5.41, 5.74) is 2.76. The lowest BCUT2D eigenvalue weighted by Gasteiger charge is -2.34. The van der Waals surface area contributed by atoms with Crippen molar-refractivity contribution in [1.82, 2.24) is 20.2 Å². The van der Waals surface area contributed by atoms with E-state index in [0.29, 0.717) is 16.7 Å². The number of alkyl carbamates (subject to hydrolysis) is 1. The van der Waals surface area contributed by atoms with Crippen LogP contribution >= 0.6 is 0 Å². The molecule has 1 saturated heterocycles. The molecule has 1 fully saturated rings. The van der Waals surface area contributed by atoms with Gasteiger partial charge in [0, 0.05) is 12.0 Å². The Hall–Kier alpha value is -4.21. The molecule has 222 valence electrons. The lowest BCUT2D eigenvalue weighted by Crippen LogP contribution is -2.57. The van der Waals surface area contributed by atoms with Crippen LogP contribution in [0.2, 0.25) is 0 Å². The minimum atomic E-state index is -1.14. The van der Waals surface area contributed by atoms with E-state index in [1.54, 1.807) is 0 Å². The van der Waals surface area contributed by atoms with E-state index in [9.17, 15) is 19.5 Å². The first-order valence-electron chi connectivity index (χ1n) is 14.3. The number of aromatic nitrogens is 2. The third-order valence-corrected chi connectivity index (χ3v) is 7.91. The van der Waals surface area contributed by atoms with Gasteiger partial charge in [0.1, 0.15) is 23.9 Å². The molecule has 2 aromatic carbocycles. The molecule has 0 radical (unpaired) electrons. The van der Waals surface area contributed by atoms with E-state index in [1.165, 1.54) is 4.90 Å². The predicted octanol–water partition coefficient (Wildman–Crippen LogP) is 4.84. The highest BCUT2D eigenvalue weighted by Gasteiger charge is 2.46. The van der Waals surface area contributed by atoms with Crippen molar-refractivity contribution in [3.63, 3.8) is 0 Å². The minimum Gasteiger partial charge on any atom is -0.480 e. The molecule has 3 aromatic rings. The summed E-state index contributed by atoms with van der Waals surface area (Å²) < 4.78 is 12.0. The molecule has 0 saturated carbocycles. The number of hydrogen-bond acceptors (Lipinski definition) is 7. The van der Waals surface area contributed by atoms with Crippen molar-refractivity contribution in [2.75, 3.05) is 13.2 Å². The van der Waals surface area contributed by atoms with Crippen LogP contribution in [0.5, 0.6) is 5.88 Å². The number of amides is 2. The fourth-order valence-electron chi connectivity index (χ4n) is 5.44. The summed E-state index contributed by atoms with van der Waals surface area (Å²) >= 11 is 0. The number of para-hydroxylation sites is 2. The van der Waals surface area contributed by atoms with Crippen molar-refractivity contribution in [2.24, 2.45) is 10.8 Å². The number of carbonyl (C=O) groups is 3. The van der Waals surface area contributed by atoms with Crippen molar-refractivity contribution in [2.45, 2.75) is 72.1 Å². The van der Waals surface area contributed by atoms with Gasteiger partial charge in [-0.3, -0.25) is 4.79 Å². The highest BCUT2D eigenvalue weighted by atomic mass is 16.5. The fraction of sp³-hybridized carbons (Fsp3) is 0.469. The van der Waals surface area contributed by atoms with E-state index in [0.717, 1.165) is 24.0 Å². The van der Waals surface area contributed by atoms with Crippen LogP contribution in [0.4, 0.5) is 4.79 Å². The number of benzene rings is 2. The van der Waals surface area contributed by atoms with Crippen LogP contribution in [-0.4, -0.2) is 69.3 Å². The van der Waals surface area contributed by atoms with Crippen LogP contribution < -0.4 is 10.1 Å².